The molecule has 0 aromatic heterocycles. The van der Waals surface area contributed by atoms with Gasteiger partial charge in [-0.1, -0.05) is 0 Å². The van der Waals surface area contributed by atoms with Gasteiger partial charge in [-0.05, 0) is 0 Å². The largest absolute Gasteiger partial charge is 0.147 e. The average Bonchev–Trinajstić information content (AvgIpc) is 2.26. The third-order valence-electron chi connectivity index (χ3n) is 3.30. The first-order chi connectivity index (χ1) is 7.27. The Bertz CT molecular complexity index is 338. The third kappa shape index (κ3) is 4.83. The van der Waals surface area contributed by atoms with Crippen molar-refractivity contribution in [2.24, 2.45) is 0 Å². The first-order valence-electron chi connectivity index (χ1n) is 5.81. The summed E-state index contributed by atoms with van der Waals surface area (Å²) in [6, 6.07) is 6.81. The molecule has 0 saturated carbocycles. The second-order valence-corrected chi connectivity index (χ2v) is 7.86. The van der Waals surface area contributed by atoms with Crippen molar-refractivity contribution in [2.45, 2.75) is 31.4 Å². The van der Waals surface area contributed by atoms with Crippen molar-refractivity contribution < 1.29 is 0 Å². The summed E-state index contributed by atoms with van der Waals surface area (Å²) in [5.41, 5.74) is 3.02. The minimum atomic E-state index is 0. The molecule has 0 radical (unpaired) electrons. The molecule has 0 spiro atoms. The van der Waals surface area contributed by atoms with Crippen LogP contribution in [0, 0.1) is 13.8 Å². The minimum absolute atomic E-state index is 0. The third-order valence-corrected chi connectivity index (χ3v) is 7.16. The zero-order valence-electron chi connectivity index (χ0n) is 10.5. The van der Waals surface area contributed by atoms with E-state index in [9.17, 15) is 0 Å². The molecule has 4 heteroatoms. The Kier molecular flexibility index (Phi) is 8.58. The standard InChI is InChI=1S/C13H20AsN.2ClH/c1-10-4-3-5-13(11(10)2)14-12-6-8-15-9-7-12;;/h3-5,12,14-15H,6-9H2,1-2H3;2*1H. The van der Waals surface area contributed by atoms with Gasteiger partial charge in [-0.15, -0.1) is 24.8 Å². The molecule has 0 aliphatic carbocycles. The zero-order chi connectivity index (χ0) is 10.7. The zero-order valence-corrected chi connectivity index (χ0v) is 14.2. The van der Waals surface area contributed by atoms with Gasteiger partial charge in [0.25, 0.3) is 0 Å². The van der Waals surface area contributed by atoms with Gasteiger partial charge in [0.1, 0.15) is 0 Å². The van der Waals surface area contributed by atoms with Gasteiger partial charge in [0, 0.05) is 0 Å². The Labute approximate surface area is 124 Å². The number of hydrogen-bond acceptors (Lipinski definition) is 1. The fourth-order valence-electron chi connectivity index (χ4n) is 2.09. The van der Waals surface area contributed by atoms with Crippen molar-refractivity contribution in [1.29, 1.82) is 0 Å². The Morgan fingerprint density at radius 2 is 1.76 bits per heavy atom. The first kappa shape index (κ1) is 17.3. The molecule has 0 bridgehead atoms. The molecule has 0 amide bonds. The van der Waals surface area contributed by atoms with Crippen molar-refractivity contribution in [3.05, 3.63) is 29.3 Å². The molecule has 1 N–H and O–H groups in total. The summed E-state index contributed by atoms with van der Waals surface area (Å²) < 4.78 is 2.70. The van der Waals surface area contributed by atoms with Crippen LogP contribution in [0.3, 0.4) is 0 Å². The van der Waals surface area contributed by atoms with Crippen LogP contribution in [0.2, 0.25) is 4.71 Å². The summed E-state index contributed by atoms with van der Waals surface area (Å²) in [7, 11) is 0. The van der Waals surface area contributed by atoms with Crippen LogP contribution >= 0.6 is 24.8 Å². The minimum Gasteiger partial charge on any atom is -0.147 e. The number of aryl methyl sites for hydroxylation is 1. The maximum Gasteiger partial charge on any atom is -0.147 e. The fraction of sp³-hybridized carbons (Fsp3) is 0.538. The predicted molar refractivity (Wildman–Crippen MR) is 83.0 cm³/mol. The van der Waals surface area contributed by atoms with Crippen molar-refractivity contribution >= 4 is 44.9 Å². The second-order valence-electron chi connectivity index (χ2n) is 4.42. The van der Waals surface area contributed by atoms with Crippen LogP contribution in [0.5, 0.6) is 0 Å². The van der Waals surface area contributed by atoms with Gasteiger partial charge in [0.05, 0.1) is 0 Å². The summed E-state index contributed by atoms with van der Waals surface area (Å²) in [5, 5.41) is 3.45. The number of rotatable bonds is 2. The molecule has 1 unspecified atom stereocenters. The molecule has 1 aliphatic heterocycles. The van der Waals surface area contributed by atoms with E-state index in [-0.39, 0.29) is 40.6 Å². The fourth-order valence-corrected chi connectivity index (χ4v) is 5.50. The maximum absolute atomic E-state index is 3.45. The van der Waals surface area contributed by atoms with Crippen LogP contribution in [0.4, 0.5) is 0 Å². The predicted octanol–water partition coefficient (Wildman–Crippen LogP) is 2.38. The molecule has 1 aromatic rings. The number of hydrogen-bond donors (Lipinski definition) is 1. The van der Waals surface area contributed by atoms with Crippen LogP contribution in [-0.4, -0.2) is 28.8 Å². The SMILES string of the molecule is Cc1cccc([AsH]C2CCNCC2)c1C.Cl.Cl. The number of halogens is 2. The summed E-state index contributed by atoms with van der Waals surface area (Å²) >= 11 is 0.0845. The Morgan fingerprint density at radius 1 is 1.12 bits per heavy atom. The van der Waals surface area contributed by atoms with Crippen molar-refractivity contribution in [3.8, 4) is 0 Å². The van der Waals surface area contributed by atoms with Crippen LogP contribution < -0.4 is 9.67 Å². The molecular formula is C13H22AsCl2N. The van der Waals surface area contributed by atoms with Gasteiger partial charge in [0.15, 0.2) is 0 Å². The topological polar surface area (TPSA) is 12.0 Å². The van der Waals surface area contributed by atoms with E-state index in [2.05, 4.69) is 37.4 Å². The molecule has 1 aliphatic rings. The van der Waals surface area contributed by atoms with E-state index in [4.69, 9.17) is 0 Å². The van der Waals surface area contributed by atoms with E-state index in [0.29, 0.717) is 0 Å². The van der Waals surface area contributed by atoms with E-state index in [1.54, 1.807) is 9.91 Å². The molecule has 1 nitrogen and oxygen atoms in total. The Hall–Kier alpha value is 0.318. The summed E-state index contributed by atoms with van der Waals surface area (Å²) in [4.78, 5) is 0. The monoisotopic (exact) mass is 337 g/mol. The van der Waals surface area contributed by atoms with E-state index >= 15 is 0 Å². The van der Waals surface area contributed by atoms with Gasteiger partial charge in [0.2, 0.25) is 0 Å². The molecule has 17 heavy (non-hydrogen) atoms. The maximum atomic E-state index is 3.45. The number of benzene rings is 1. The Morgan fingerprint density at radius 3 is 2.41 bits per heavy atom. The van der Waals surface area contributed by atoms with E-state index in [0.717, 1.165) is 4.71 Å². The van der Waals surface area contributed by atoms with Crippen molar-refractivity contribution in [3.63, 3.8) is 0 Å². The van der Waals surface area contributed by atoms with Gasteiger partial charge >= 0.3 is 99.2 Å². The summed E-state index contributed by atoms with van der Waals surface area (Å²) in [6.07, 6.45) is 2.79. The molecular weight excluding hydrogens is 316 g/mol. The molecule has 2 rings (SSSR count). The van der Waals surface area contributed by atoms with E-state index < -0.39 is 0 Å². The second kappa shape index (κ2) is 8.43. The molecule has 1 heterocycles. The normalized spacial score (nSPS) is 16.6. The van der Waals surface area contributed by atoms with Crippen molar-refractivity contribution in [1.82, 2.24) is 5.32 Å². The van der Waals surface area contributed by atoms with Crippen LogP contribution in [0.25, 0.3) is 0 Å². The van der Waals surface area contributed by atoms with Crippen LogP contribution in [-0.2, 0) is 0 Å². The Balaban J connectivity index is 0.00000128. The average molecular weight is 338 g/mol. The number of piperidine rings is 1. The summed E-state index contributed by atoms with van der Waals surface area (Å²) in [6.45, 7) is 6.99. The van der Waals surface area contributed by atoms with Gasteiger partial charge in [-0.3, -0.25) is 0 Å². The van der Waals surface area contributed by atoms with E-state index in [1.807, 2.05) is 0 Å². The smallest absolute Gasteiger partial charge is 0.147 e. The molecule has 1 saturated heterocycles. The van der Waals surface area contributed by atoms with Gasteiger partial charge in [-0.2, -0.15) is 0 Å². The number of nitrogens with one attached hydrogen (secondary N) is 1. The van der Waals surface area contributed by atoms with Crippen LogP contribution in [0.15, 0.2) is 18.2 Å². The van der Waals surface area contributed by atoms with Gasteiger partial charge < -0.3 is 0 Å². The molecule has 1 atom stereocenters. The first-order valence-corrected chi connectivity index (χ1v) is 8.07. The summed E-state index contributed by atoms with van der Waals surface area (Å²) in [5.74, 6) is 0. The molecule has 98 valence electrons. The molecule has 1 fully saturated rings. The molecule has 1 aromatic carbocycles. The quantitative estimate of drug-likeness (QED) is 0.817. The van der Waals surface area contributed by atoms with Gasteiger partial charge in [-0.25, -0.2) is 0 Å². The van der Waals surface area contributed by atoms with Crippen LogP contribution in [0.1, 0.15) is 24.0 Å². The van der Waals surface area contributed by atoms with Crippen molar-refractivity contribution in [2.75, 3.05) is 13.1 Å². The van der Waals surface area contributed by atoms with E-state index in [1.165, 1.54) is 31.5 Å².